The van der Waals surface area contributed by atoms with Crippen molar-refractivity contribution in [2.45, 2.75) is 32.4 Å². The SMILES string of the molecule is Cc1cc(C(=O)N2C[C@@H]3OCCC(=O)N(C)[C@H]3C2)c2c(C)noc2n1. The quantitative estimate of drug-likeness (QED) is 0.764. The van der Waals surface area contributed by atoms with E-state index in [1.165, 1.54) is 0 Å². The van der Waals surface area contributed by atoms with Crippen LogP contribution in [0.2, 0.25) is 0 Å². The maximum atomic E-state index is 13.2. The van der Waals surface area contributed by atoms with Gasteiger partial charge in [0.05, 0.1) is 41.8 Å². The number of carbonyl (C=O) groups is 2. The Morgan fingerprint density at radius 2 is 2.12 bits per heavy atom. The van der Waals surface area contributed by atoms with E-state index in [1.807, 2.05) is 6.92 Å². The molecule has 2 amide bonds. The van der Waals surface area contributed by atoms with Crippen LogP contribution >= 0.6 is 0 Å². The van der Waals surface area contributed by atoms with Crippen LogP contribution in [0.4, 0.5) is 0 Å². The highest BCUT2D eigenvalue weighted by atomic mass is 16.5. The lowest BCUT2D eigenvalue weighted by Crippen LogP contribution is -2.43. The number of rotatable bonds is 1. The molecule has 2 fully saturated rings. The van der Waals surface area contributed by atoms with Gasteiger partial charge in [-0.2, -0.15) is 0 Å². The van der Waals surface area contributed by atoms with E-state index in [0.717, 1.165) is 0 Å². The molecule has 2 aromatic rings. The summed E-state index contributed by atoms with van der Waals surface area (Å²) in [7, 11) is 1.78. The maximum absolute atomic E-state index is 13.2. The minimum Gasteiger partial charge on any atom is -0.374 e. The Balaban J connectivity index is 1.67. The molecule has 0 spiro atoms. The lowest BCUT2D eigenvalue weighted by atomic mass is 10.1. The second kappa shape index (κ2) is 5.80. The number of pyridine rings is 1. The fraction of sp³-hybridized carbons (Fsp3) is 0.529. The Hall–Kier alpha value is -2.48. The summed E-state index contributed by atoms with van der Waals surface area (Å²) in [6, 6.07) is 1.65. The monoisotopic (exact) mass is 344 g/mol. The Morgan fingerprint density at radius 1 is 1.32 bits per heavy atom. The molecule has 2 saturated heterocycles. The molecule has 0 unspecified atom stereocenters. The van der Waals surface area contributed by atoms with Gasteiger partial charge in [0.15, 0.2) is 0 Å². The van der Waals surface area contributed by atoms with Crippen LogP contribution in [0.1, 0.15) is 28.2 Å². The highest BCUT2D eigenvalue weighted by molar-refractivity contribution is 6.06. The zero-order valence-corrected chi connectivity index (χ0v) is 14.5. The Labute approximate surface area is 144 Å². The lowest BCUT2D eigenvalue weighted by molar-refractivity contribution is -0.131. The van der Waals surface area contributed by atoms with Crippen molar-refractivity contribution >= 4 is 22.9 Å². The average molecular weight is 344 g/mol. The molecule has 8 nitrogen and oxygen atoms in total. The number of aromatic nitrogens is 2. The van der Waals surface area contributed by atoms with E-state index >= 15 is 0 Å². The Bertz CT molecular complexity index is 862. The number of likely N-dealkylation sites (N-methyl/N-ethyl adjacent to an activating group) is 1. The Morgan fingerprint density at radius 3 is 2.92 bits per heavy atom. The summed E-state index contributed by atoms with van der Waals surface area (Å²) in [4.78, 5) is 32.9. The lowest BCUT2D eigenvalue weighted by Gasteiger charge is -2.25. The first-order valence-corrected chi connectivity index (χ1v) is 8.36. The number of nitrogens with zero attached hydrogens (tertiary/aromatic N) is 4. The number of amides is 2. The first kappa shape index (κ1) is 16.0. The van der Waals surface area contributed by atoms with E-state index in [0.29, 0.717) is 54.2 Å². The van der Waals surface area contributed by atoms with Crippen LogP contribution in [0.5, 0.6) is 0 Å². The van der Waals surface area contributed by atoms with Gasteiger partial charge < -0.3 is 19.1 Å². The van der Waals surface area contributed by atoms with E-state index < -0.39 is 0 Å². The first-order chi connectivity index (χ1) is 12.0. The predicted molar refractivity (Wildman–Crippen MR) is 88.1 cm³/mol. The molecule has 4 heterocycles. The molecular weight excluding hydrogens is 324 g/mol. The molecule has 2 atom stereocenters. The van der Waals surface area contributed by atoms with Crippen LogP contribution in [0.25, 0.3) is 11.1 Å². The summed E-state index contributed by atoms with van der Waals surface area (Å²) < 4.78 is 11.0. The molecule has 0 aromatic carbocycles. The summed E-state index contributed by atoms with van der Waals surface area (Å²) in [5.41, 5.74) is 2.25. The van der Waals surface area contributed by atoms with Crippen molar-refractivity contribution in [3.63, 3.8) is 0 Å². The van der Waals surface area contributed by atoms with Crippen molar-refractivity contribution in [1.29, 1.82) is 0 Å². The van der Waals surface area contributed by atoms with Gasteiger partial charge in [-0.25, -0.2) is 4.98 Å². The molecule has 2 aliphatic rings. The molecule has 0 saturated carbocycles. The molecule has 8 heteroatoms. The third-order valence-corrected chi connectivity index (χ3v) is 5.04. The van der Waals surface area contributed by atoms with Crippen LogP contribution < -0.4 is 0 Å². The van der Waals surface area contributed by atoms with Gasteiger partial charge in [0, 0.05) is 25.8 Å². The topological polar surface area (TPSA) is 88.8 Å². The molecule has 0 aliphatic carbocycles. The molecular formula is C17H20N4O4. The molecule has 2 aliphatic heterocycles. The van der Waals surface area contributed by atoms with Crippen molar-refractivity contribution in [2.75, 3.05) is 26.7 Å². The average Bonchev–Trinajstić information content (AvgIpc) is 3.13. The van der Waals surface area contributed by atoms with Gasteiger partial charge in [-0.15, -0.1) is 0 Å². The van der Waals surface area contributed by atoms with Crippen molar-refractivity contribution in [1.82, 2.24) is 19.9 Å². The van der Waals surface area contributed by atoms with Gasteiger partial charge in [0.25, 0.3) is 11.6 Å². The summed E-state index contributed by atoms with van der Waals surface area (Å²) in [5.74, 6) is -0.0573. The molecule has 25 heavy (non-hydrogen) atoms. The Kier molecular flexibility index (Phi) is 3.72. The summed E-state index contributed by atoms with van der Waals surface area (Å²) >= 11 is 0. The number of aryl methyl sites for hydroxylation is 2. The number of hydrogen-bond acceptors (Lipinski definition) is 6. The van der Waals surface area contributed by atoms with Crippen molar-refractivity contribution in [2.24, 2.45) is 0 Å². The number of hydrogen-bond donors (Lipinski definition) is 0. The van der Waals surface area contributed by atoms with Crippen molar-refractivity contribution in [3.8, 4) is 0 Å². The summed E-state index contributed by atoms with van der Waals surface area (Å²) in [6.07, 6.45) is 0.240. The number of carbonyl (C=O) groups excluding carboxylic acids is 2. The standard InChI is InChI=1S/C17H20N4O4/c1-9-6-11(15-10(2)19-25-16(15)18-9)17(23)21-7-12-13(8-21)24-5-4-14(22)20(12)3/h6,12-13H,4-5,7-8H2,1-3H3/t12-,13-/m0/s1. The van der Waals surface area contributed by atoms with Crippen LogP contribution in [0, 0.1) is 13.8 Å². The second-order valence-corrected chi connectivity index (χ2v) is 6.70. The predicted octanol–water partition coefficient (Wildman–Crippen LogP) is 0.911. The third-order valence-electron chi connectivity index (χ3n) is 5.04. The molecule has 132 valence electrons. The van der Waals surface area contributed by atoms with E-state index in [-0.39, 0.29) is 24.0 Å². The zero-order valence-electron chi connectivity index (χ0n) is 14.5. The molecule has 4 rings (SSSR count). The van der Waals surface area contributed by atoms with Crippen LogP contribution in [0.15, 0.2) is 10.6 Å². The second-order valence-electron chi connectivity index (χ2n) is 6.70. The van der Waals surface area contributed by atoms with Crippen molar-refractivity contribution in [3.05, 3.63) is 23.0 Å². The van der Waals surface area contributed by atoms with Crippen LogP contribution in [0.3, 0.4) is 0 Å². The molecule has 0 N–H and O–H groups in total. The molecule has 0 bridgehead atoms. The fourth-order valence-electron chi connectivity index (χ4n) is 3.67. The van der Waals surface area contributed by atoms with Crippen LogP contribution in [-0.4, -0.2) is 70.6 Å². The van der Waals surface area contributed by atoms with Gasteiger partial charge in [-0.1, -0.05) is 5.16 Å². The number of fused-ring (bicyclic) bond motifs is 2. The smallest absolute Gasteiger partial charge is 0.258 e. The molecule has 0 radical (unpaired) electrons. The van der Waals surface area contributed by atoms with Gasteiger partial charge in [0.1, 0.15) is 0 Å². The van der Waals surface area contributed by atoms with Gasteiger partial charge >= 0.3 is 0 Å². The van der Waals surface area contributed by atoms with Gasteiger partial charge in [0.2, 0.25) is 5.91 Å². The summed E-state index contributed by atoms with van der Waals surface area (Å²) in [5, 5.41) is 4.57. The number of likely N-dealkylation sites (tertiary alicyclic amines) is 1. The van der Waals surface area contributed by atoms with E-state index in [2.05, 4.69) is 10.1 Å². The fourth-order valence-corrected chi connectivity index (χ4v) is 3.67. The van der Waals surface area contributed by atoms with Crippen molar-refractivity contribution < 1.29 is 18.8 Å². The number of ether oxygens (including phenoxy) is 1. The third kappa shape index (κ3) is 2.57. The normalized spacial score (nSPS) is 23.9. The van der Waals surface area contributed by atoms with E-state index in [4.69, 9.17) is 9.26 Å². The zero-order chi connectivity index (χ0) is 17.7. The van der Waals surface area contributed by atoms with Gasteiger partial charge in [-0.05, 0) is 19.9 Å². The minimum atomic E-state index is -0.151. The highest BCUT2D eigenvalue weighted by Gasteiger charge is 2.42. The van der Waals surface area contributed by atoms with Crippen LogP contribution in [-0.2, 0) is 9.53 Å². The minimum absolute atomic E-state index is 0.0545. The van der Waals surface area contributed by atoms with Gasteiger partial charge in [-0.3, -0.25) is 9.59 Å². The molecule has 2 aromatic heterocycles. The maximum Gasteiger partial charge on any atom is 0.258 e. The largest absolute Gasteiger partial charge is 0.374 e. The first-order valence-electron chi connectivity index (χ1n) is 8.36. The van der Waals surface area contributed by atoms with E-state index in [9.17, 15) is 9.59 Å². The summed E-state index contributed by atoms with van der Waals surface area (Å²) in [6.45, 7) is 4.93. The highest BCUT2D eigenvalue weighted by Crippen LogP contribution is 2.27. The van der Waals surface area contributed by atoms with E-state index in [1.54, 1.807) is 29.8 Å².